The summed E-state index contributed by atoms with van der Waals surface area (Å²) in [5.41, 5.74) is 1.34. The highest BCUT2D eigenvalue weighted by Gasteiger charge is 2.13. The molecule has 1 aromatic heterocycles. The van der Waals surface area contributed by atoms with E-state index >= 15 is 0 Å². The average Bonchev–Trinajstić information content (AvgIpc) is 2.62. The zero-order chi connectivity index (χ0) is 17.8. The minimum Gasteiger partial charge on any atom is -0.497 e. The molecule has 0 aliphatic rings. The van der Waals surface area contributed by atoms with Gasteiger partial charge in [-0.1, -0.05) is 41.6 Å². The van der Waals surface area contributed by atoms with Crippen LogP contribution >= 0.6 is 23.4 Å². The number of thioether (sulfide) groups is 1. The first-order valence-corrected chi connectivity index (χ1v) is 9.08. The normalized spacial score (nSPS) is 11.7. The topological polar surface area (TPSA) is 44.1 Å². The van der Waals surface area contributed by atoms with Gasteiger partial charge in [-0.2, -0.15) is 0 Å². The Morgan fingerprint density at radius 2 is 1.96 bits per heavy atom. The van der Waals surface area contributed by atoms with E-state index in [0.29, 0.717) is 26.8 Å². The number of ether oxygens (including phenoxy) is 1. The number of nitrogens with zero attached hydrogens (tertiary/aromatic N) is 2. The number of methoxy groups -OCH3 is 1. The van der Waals surface area contributed by atoms with Crippen LogP contribution in [-0.4, -0.2) is 22.4 Å². The number of fused-ring (bicyclic) bond motifs is 1. The van der Waals surface area contributed by atoms with Gasteiger partial charge in [0.15, 0.2) is 5.16 Å². The van der Waals surface area contributed by atoms with Gasteiger partial charge in [-0.3, -0.25) is 9.36 Å². The molecule has 0 spiro atoms. The Labute approximate surface area is 155 Å². The lowest BCUT2D eigenvalue weighted by molar-refractivity contribution is 0.414. The molecular formula is C19H17ClN2O2S. The van der Waals surface area contributed by atoms with E-state index in [2.05, 4.69) is 4.98 Å². The molecule has 2 aromatic carbocycles. The van der Waals surface area contributed by atoms with Crippen molar-refractivity contribution in [1.82, 2.24) is 9.55 Å². The summed E-state index contributed by atoms with van der Waals surface area (Å²) in [6.45, 7) is 1.83. The second-order valence-electron chi connectivity index (χ2n) is 5.35. The summed E-state index contributed by atoms with van der Waals surface area (Å²) < 4.78 is 6.83. The molecule has 0 N–H and O–H groups in total. The Hall–Kier alpha value is -2.24. The quantitative estimate of drug-likeness (QED) is 0.484. The average molecular weight is 373 g/mol. The van der Waals surface area contributed by atoms with Crippen molar-refractivity contribution in [3.05, 3.63) is 70.0 Å². The van der Waals surface area contributed by atoms with Crippen LogP contribution in [0.1, 0.15) is 6.92 Å². The van der Waals surface area contributed by atoms with Crippen molar-refractivity contribution in [2.45, 2.75) is 12.1 Å². The van der Waals surface area contributed by atoms with Crippen molar-refractivity contribution < 1.29 is 4.74 Å². The van der Waals surface area contributed by atoms with Gasteiger partial charge in [-0.05, 0) is 43.3 Å². The molecule has 0 unspecified atom stereocenters. The number of aromatic nitrogens is 2. The van der Waals surface area contributed by atoms with Gasteiger partial charge in [-0.15, -0.1) is 0 Å². The van der Waals surface area contributed by atoms with Gasteiger partial charge >= 0.3 is 0 Å². The van der Waals surface area contributed by atoms with Crippen LogP contribution in [0.5, 0.6) is 5.75 Å². The van der Waals surface area contributed by atoms with Crippen molar-refractivity contribution in [2.24, 2.45) is 0 Å². The number of para-hydroxylation sites is 1. The van der Waals surface area contributed by atoms with Gasteiger partial charge in [0.25, 0.3) is 5.56 Å². The van der Waals surface area contributed by atoms with Crippen molar-refractivity contribution in [3.63, 3.8) is 0 Å². The minimum absolute atomic E-state index is 0.0927. The highest BCUT2D eigenvalue weighted by Crippen LogP contribution is 2.23. The number of allylic oxidation sites excluding steroid dienone is 1. The lowest BCUT2D eigenvalue weighted by Gasteiger charge is -2.13. The second-order valence-corrected chi connectivity index (χ2v) is 6.94. The Morgan fingerprint density at radius 1 is 1.24 bits per heavy atom. The first kappa shape index (κ1) is 17.6. The number of hydrogen-bond donors (Lipinski definition) is 0. The van der Waals surface area contributed by atoms with Crippen LogP contribution in [0.2, 0.25) is 0 Å². The highest BCUT2D eigenvalue weighted by molar-refractivity contribution is 7.99. The van der Waals surface area contributed by atoms with Crippen LogP contribution in [0.25, 0.3) is 16.6 Å². The van der Waals surface area contributed by atoms with Gasteiger partial charge in [0, 0.05) is 10.8 Å². The maximum Gasteiger partial charge on any atom is 0.266 e. The number of hydrogen-bond acceptors (Lipinski definition) is 4. The molecule has 3 aromatic rings. The summed E-state index contributed by atoms with van der Waals surface area (Å²) in [7, 11) is 1.61. The molecule has 4 nitrogen and oxygen atoms in total. The zero-order valence-corrected chi connectivity index (χ0v) is 15.5. The zero-order valence-electron chi connectivity index (χ0n) is 13.9. The Morgan fingerprint density at radius 3 is 2.64 bits per heavy atom. The first-order valence-electron chi connectivity index (χ1n) is 7.71. The molecule has 1 heterocycles. The third-order valence-corrected chi connectivity index (χ3v) is 4.67. The van der Waals surface area contributed by atoms with Crippen LogP contribution in [0.15, 0.2) is 69.6 Å². The van der Waals surface area contributed by atoms with Gasteiger partial charge in [0.05, 0.1) is 23.7 Å². The van der Waals surface area contributed by atoms with Gasteiger partial charge < -0.3 is 4.74 Å². The summed E-state index contributed by atoms with van der Waals surface area (Å²) in [6, 6.07) is 14.7. The lowest BCUT2D eigenvalue weighted by atomic mass is 10.2. The van der Waals surface area contributed by atoms with Gasteiger partial charge in [0.2, 0.25) is 0 Å². The molecule has 128 valence electrons. The molecule has 0 fully saturated rings. The molecule has 0 aliphatic carbocycles. The van der Waals surface area contributed by atoms with Crippen LogP contribution in [0, 0.1) is 0 Å². The molecule has 3 rings (SSSR count). The summed E-state index contributed by atoms with van der Waals surface area (Å²) in [5, 5.41) is 1.93. The minimum atomic E-state index is -0.0927. The molecule has 6 heteroatoms. The lowest BCUT2D eigenvalue weighted by Crippen LogP contribution is -2.21. The number of rotatable bonds is 5. The molecule has 0 saturated carbocycles. The van der Waals surface area contributed by atoms with E-state index in [9.17, 15) is 4.79 Å². The Kier molecular flexibility index (Phi) is 5.46. The fourth-order valence-corrected chi connectivity index (χ4v) is 3.53. The van der Waals surface area contributed by atoms with Crippen molar-refractivity contribution in [2.75, 3.05) is 12.9 Å². The second kappa shape index (κ2) is 7.76. The van der Waals surface area contributed by atoms with E-state index in [1.807, 2.05) is 55.5 Å². The standard InChI is InChI=1S/C19H17ClN2O2S/c1-13(20)11-12-25-19-21-17-6-4-3-5-16(17)18(23)22(19)14-7-9-15(24-2)10-8-14/h3-11H,12H2,1-2H3. The predicted molar refractivity (Wildman–Crippen MR) is 104 cm³/mol. The third kappa shape index (κ3) is 3.89. The summed E-state index contributed by atoms with van der Waals surface area (Å²) in [6.07, 6.45) is 1.89. The summed E-state index contributed by atoms with van der Waals surface area (Å²) in [5.74, 6) is 1.37. The number of benzene rings is 2. The predicted octanol–water partition coefficient (Wildman–Crippen LogP) is 4.63. The molecule has 0 bridgehead atoms. The van der Waals surface area contributed by atoms with E-state index < -0.39 is 0 Å². The van der Waals surface area contributed by atoms with E-state index in [-0.39, 0.29) is 5.56 Å². The smallest absolute Gasteiger partial charge is 0.266 e. The van der Waals surface area contributed by atoms with Gasteiger partial charge in [-0.25, -0.2) is 4.98 Å². The molecule has 0 atom stereocenters. The molecule has 0 amide bonds. The molecular weight excluding hydrogens is 356 g/mol. The van der Waals surface area contributed by atoms with E-state index in [1.54, 1.807) is 17.7 Å². The SMILES string of the molecule is COc1ccc(-n2c(SCC=C(C)Cl)nc3ccccc3c2=O)cc1. The molecule has 25 heavy (non-hydrogen) atoms. The Balaban J connectivity index is 2.16. The molecule has 0 aliphatic heterocycles. The molecule has 0 saturated heterocycles. The fraction of sp³-hybridized carbons (Fsp3) is 0.158. The highest BCUT2D eigenvalue weighted by atomic mass is 35.5. The van der Waals surface area contributed by atoms with Crippen LogP contribution in [-0.2, 0) is 0 Å². The molecule has 0 radical (unpaired) electrons. The van der Waals surface area contributed by atoms with Crippen molar-refractivity contribution >= 4 is 34.3 Å². The van der Waals surface area contributed by atoms with Crippen LogP contribution in [0.4, 0.5) is 0 Å². The van der Waals surface area contributed by atoms with Crippen molar-refractivity contribution in [3.8, 4) is 11.4 Å². The monoisotopic (exact) mass is 372 g/mol. The third-order valence-electron chi connectivity index (χ3n) is 3.65. The van der Waals surface area contributed by atoms with Gasteiger partial charge in [0.1, 0.15) is 5.75 Å². The Bertz CT molecular complexity index is 977. The van der Waals surface area contributed by atoms with E-state index in [1.165, 1.54) is 11.8 Å². The van der Waals surface area contributed by atoms with Crippen LogP contribution < -0.4 is 10.3 Å². The van der Waals surface area contributed by atoms with E-state index in [0.717, 1.165) is 11.4 Å². The summed E-state index contributed by atoms with van der Waals surface area (Å²) in [4.78, 5) is 17.7. The maximum atomic E-state index is 13.0. The fourth-order valence-electron chi connectivity index (χ4n) is 2.40. The van der Waals surface area contributed by atoms with Crippen molar-refractivity contribution in [1.29, 1.82) is 0 Å². The van der Waals surface area contributed by atoms with E-state index in [4.69, 9.17) is 16.3 Å². The van der Waals surface area contributed by atoms with Crippen LogP contribution in [0.3, 0.4) is 0 Å². The largest absolute Gasteiger partial charge is 0.497 e. The first-order chi connectivity index (χ1) is 12.1. The maximum absolute atomic E-state index is 13.0. The summed E-state index contributed by atoms with van der Waals surface area (Å²) >= 11 is 7.37. The number of halogens is 1.